The van der Waals surface area contributed by atoms with E-state index in [1.165, 1.54) is 0 Å². The molecule has 23 heavy (non-hydrogen) atoms. The molecule has 0 saturated carbocycles. The Kier molecular flexibility index (Phi) is 3.72. The Bertz CT molecular complexity index is 644. The average Bonchev–Trinajstić information content (AvgIpc) is 3.24. The summed E-state index contributed by atoms with van der Waals surface area (Å²) in [6.07, 6.45) is 3.40. The molecule has 0 N–H and O–H groups in total. The molecule has 7 nitrogen and oxygen atoms in total. The SMILES string of the molecule is CC(C)c1cc(N2CC3CN(Cc4cnon4)CC3C2)ncn1. The van der Waals surface area contributed by atoms with Gasteiger partial charge < -0.3 is 4.90 Å². The summed E-state index contributed by atoms with van der Waals surface area (Å²) in [6, 6.07) is 2.14. The van der Waals surface area contributed by atoms with E-state index in [1.54, 1.807) is 12.5 Å². The molecule has 0 spiro atoms. The molecule has 7 heteroatoms. The smallest absolute Gasteiger partial charge is 0.132 e. The molecule has 2 aromatic rings. The normalized spacial score (nSPS) is 24.6. The maximum atomic E-state index is 4.68. The van der Waals surface area contributed by atoms with Crippen molar-refractivity contribution in [2.24, 2.45) is 11.8 Å². The lowest BCUT2D eigenvalue weighted by Gasteiger charge is -2.22. The Hall–Kier alpha value is -2.02. The zero-order valence-corrected chi connectivity index (χ0v) is 13.6. The highest BCUT2D eigenvalue weighted by Gasteiger charge is 2.40. The number of fused-ring (bicyclic) bond motifs is 1. The predicted octanol–water partition coefficient (Wildman–Crippen LogP) is 1.55. The van der Waals surface area contributed by atoms with E-state index in [0.29, 0.717) is 17.8 Å². The fourth-order valence-corrected chi connectivity index (χ4v) is 3.74. The van der Waals surface area contributed by atoms with E-state index in [0.717, 1.165) is 49.9 Å². The fraction of sp³-hybridized carbons (Fsp3) is 0.625. The maximum absolute atomic E-state index is 4.68. The van der Waals surface area contributed by atoms with E-state index in [9.17, 15) is 0 Å². The second-order valence-electron chi connectivity index (χ2n) is 6.97. The monoisotopic (exact) mass is 314 g/mol. The molecular weight excluding hydrogens is 292 g/mol. The van der Waals surface area contributed by atoms with Gasteiger partial charge in [0.1, 0.15) is 17.8 Å². The van der Waals surface area contributed by atoms with Crippen LogP contribution in [-0.2, 0) is 6.54 Å². The zero-order valence-electron chi connectivity index (χ0n) is 13.6. The Morgan fingerprint density at radius 2 is 1.96 bits per heavy atom. The van der Waals surface area contributed by atoms with Crippen LogP contribution >= 0.6 is 0 Å². The molecule has 2 aromatic heterocycles. The maximum Gasteiger partial charge on any atom is 0.132 e. The molecule has 2 atom stereocenters. The average molecular weight is 314 g/mol. The van der Waals surface area contributed by atoms with Gasteiger partial charge in [0.25, 0.3) is 0 Å². The fourth-order valence-electron chi connectivity index (χ4n) is 3.74. The summed E-state index contributed by atoms with van der Waals surface area (Å²) in [7, 11) is 0. The van der Waals surface area contributed by atoms with Gasteiger partial charge in [0, 0.05) is 44.5 Å². The minimum absolute atomic E-state index is 0.436. The van der Waals surface area contributed by atoms with Crippen LogP contribution in [0.1, 0.15) is 31.2 Å². The Balaban J connectivity index is 1.39. The molecule has 2 fully saturated rings. The molecule has 2 aliphatic rings. The topological polar surface area (TPSA) is 71.2 Å². The van der Waals surface area contributed by atoms with Gasteiger partial charge in [0.05, 0.1) is 6.20 Å². The second-order valence-corrected chi connectivity index (χ2v) is 6.97. The Morgan fingerprint density at radius 3 is 2.61 bits per heavy atom. The molecule has 4 rings (SSSR count). The van der Waals surface area contributed by atoms with Gasteiger partial charge in [-0.2, -0.15) is 0 Å². The molecule has 2 aliphatic heterocycles. The van der Waals surface area contributed by atoms with Crippen molar-refractivity contribution in [3.63, 3.8) is 0 Å². The molecule has 0 bridgehead atoms. The summed E-state index contributed by atoms with van der Waals surface area (Å²) in [5.74, 6) is 2.91. The van der Waals surface area contributed by atoms with Gasteiger partial charge in [-0.25, -0.2) is 14.6 Å². The third-order valence-corrected chi connectivity index (χ3v) is 4.94. The Morgan fingerprint density at radius 1 is 1.17 bits per heavy atom. The summed E-state index contributed by atoms with van der Waals surface area (Å²) in [4.78, 5) is 13.7. The molecular formula is C16H22N6O. The first-order valence-electron chi connectivity index (χ1n) is 8.24. The third kappa shape index (κ3) is 2.93. The molecule has 2 unspecified atom stereocenters. The number of rotatable bonds is 4. The van der Waals surface area contributed by atoms with Gasteiger partial charge >= 0.3 is 0 Å². The highest BCUT2D eigenvalue weighted by molar-refractivity contribution is 5.41. The summed E-state index contributed by atoms with van der Waals surface area (Å²) in [5, 5.41) is 7.58. The molecule has 0 radical (unpaired) electrons. The number of nitrogens with zero attached hydrogens (tertiary/aromatic N) is 6. The third-order valence-electron chi connectivity index (χ3n) is 4.94. The largest absolute Gasteiger partial charge is 0.356 e. The zero-order chi connectivity index (χ0) is 15.8. The number of likely N-dealkylation sites (tertiary alicyclic amines) is 1. The van der Waals surface area contributed by atoms with Crippen LogP contribution in [0.2, 0.25) is 0 Å². The van der Waals surface area contributed by atoms with Crippen molar-refractivity contribution in [1.82, 2.24) is 25.2 Å². The van der Waals surface area contributed by atoms with Gasteiger partial charge in [-0.3, -0.25) is 4.90 Å². The quantitative estimate of drug-likeness (QED) is 0.848. The van der Waals surface area contributed by atoms with Gasteiger partial charge in [-0.1, -0.05) is 24.2 Å². The molecule has 4 heterocycles. The van der Waals surface area contributed by atoms with Crippen LogP contribution in [0.25, 0.3) is 0 Å². The molecule has 0 aromatic carbocycles. The number of anilines is 1. The minimum atomic E-state index is 0.436. The first kappa shape index (κ1) is 14.6. The highest BCUT2D eigenvalue weighted by atomic mass is 16.6. The van der Waals surface area contributed by atoms with Gasteiger partial charge in [-0.05, 0) is 17.8 Å². The van der Waals surface area contributed by atoms with E-state index in [-0.39, 0.29) is 0 Å². The van der Waals surface area contributed by atoms with Crippen molar-refractivity contribution in [2.75, 3.05) is 31.1 Å². The van der Waals surface area contributed by atoms with Crippen LogP contribution in [0.3, 0.4) is 0 Å². The molecule has 122 valence electrons. The standard InChI is InChI=1S/C16H22N6O/c1-11(2)15-3-16(18-10-17-15)22-7-12-5-21(6-13(12)8-22)9-14-4-19-23-20-14/h3-4,10-13H,5-9H2,1-2H3. The number of aromatic nitrogens is 4. The predicted molar refractivity (Wildman–Crippen MR) is 84.9 cm³/mol. The molecule has 0 aliphatic carbocycles. The Labute approximate surface area is 135 Å². The summed E-state index contributed by atoms with van der Waals surface area (Å²) < 4.78 is 4.68. The minimum Gasteiger partial charge on any atom is -0.356 e. The van der Waals surface area contributed by atoms with Crippen molar-refractivity contribution in [3.05, 3.63) is 30.0 Å². The highest BCUT2D eigenvalue weighted by Crippen LogP contribution is 2.34. The second kappa shape index (κ2) is 5.88. The number of hydrogen-bond donors (Lipinski definition) is 0. The van der Waals surface area contributed by atoms with E-state index < -0.39 is 0 Å². The first-order chi connectivity index (χ1) is 11.2. The van der Waals surface area contributed by atoms with Crippen LogP contribution in [0.5, 0.6) is 0 Å². The van der Waals surface area contributed by atoms with Gasteiger partial charge in [0.15, 0.2) is 0 Å². The lowest BCUT2D eigenvalue weighted by Crippen LogP contribution is -2.29. The lowest BCUT2D eigenvalue weighted by atomic mass is 10.0. The summed E-state index contributed by atoms with van der Waals surface area (Å²) in [6.45, 7) is 9.54. The van der Waals surface area contributed by atoms with E-state index in [2.05, 4.69) is 54.6 Å². The first-order valence-corrected chi connectivity index (χ1v) is 8.24. The van der Waals surface area contributed by atoms with Crippen molar-refractivity contribution < 1.29 is 4.63 Å². The van der Waals surface area contributed by atoms with Crippen LogP contribution < -0.4 is 4.90 Å². The molecule has 2 saturated heterocycles. The lowest BCUT2D eigenvalue weighted by molar-refractivity contribution is 0.276. The van der Waals surface area contributed by atoms with Gasteiger partial charge in [0.2, 0.25) is 0 Å². The molecule has 0 amide bonds. The summed E-state index contributed by atoms with van der Waals surface area (Å²) in [5.41, 5.74) is 2.03. The van der Waals surface area contributed by atoms with Crippen LogP contribution in [0, 0.1) is 11.8 Å². The van der Waals surface area contributed by atoms with Crippen LogP contribution in [0.15, 0.2) is 23.2 Å². The summed E-state index contributed by atoms with van der Waals surface area (Å²) >= 11 is 0. The van der Waals surface area contributed by atoms with Crippen molar-refractivity contribution in [2.45, 2.75) is 26.3 Å². The van der Waals surface area contributed by atoms with Crippen molar-refractivity contribution >= 4 is 5.82 Å². The van der Waals surface area contributed by atoms with E-state index >= 15 is 0 Å². The van der Waals surface area contributed by atoms with E-state index in [1.807, 2.05) is 0 Å². The van der Waals surface area contributed by atoms with Crippen LogP contribution in [0.4, 0.5) is 5.82 Å². The van der Waals surface area contributed by atoms with E-state index in [4.69, 9.17) is 0 Å². The van der Waals surface area contributed by atoms with Crippen LogP contribution in [-0.4, -0.2) is 51.4 Å². The van der Waals surface area contributed by atoms with Crippen molar-refractivity contribution in [1.29, 1.82) is 0 Å². The van der Waals surface area contributed by atoms with Gasteiger partial charge in [-0.15, -0.1) is 0 Å². The van der Waals surface area contributed by atoms with Crippen molar-refractivity contribution in [3.8, 4) is 0 Å². The number of hydrogen-bond acceptors (Lipinski definition) is 7.